The van der Waals surface area contributed by atoms with Gasteiger partial charge >= 0.3 is 0 Å². The number of piperazine rings is 1. The van der Waals surface area contributed by atoms with Crippen LogP contribution in [0.1, 0.15) is 0 Å². The van der Waals surface area contributed by atoms with Crippen LogP contribution < -0.4 is 19.7 Å². The number of amides is 1. The molecule has 0 saturated carbocycles. The van der Waals surface area contributed by atoms with E-state index in [1.807, 2.05) is 18.2 Å². The molecule has 0 bridgehead atoms. The summed E-state index contributed by atoms with van der Waals surface area (Å²) in [6, 6.07) is 17.7. The molecule has 1 N–H and O–H groups in total. The van der Waals surface area contributed by atoms with E-state index < -0.39 is 0 Å². The second-order valence-corrected chi connectivity index (χ2v) is 6.48. The second-order valence-electron chi connectivity index (χ2n) is 6.48. The van der Waals surface area contributed by atoms with Crippen LogP contribution in [0.4, 0.5) is 5.69 Å². The molecule has 0 unspecified atom stereocenters. The molecule has 6 nitrogen and oxygen atoms in total. The van der Waals surface area contributed by atoms with Crippen LogP contribution in [-0.2, 0) is 4.79 Å². The Bertz CT molecular complexity index is 698. The van der Waals surface area contributed by atoms with Crippen molar-refractivity contribution in [2.45, 2.75) is 0 Å². The number of ether oxygens (including phenoxy) is 2. The van der Waals surface area contributed by atoms with Crippen molar-refractivity contribution in [3.8, 4) is 11.5 Å². The monoisotopic (exact) mass is 369 g/mol. The molecule has 1 aliphatic heterocycles. The molecule has 1 heterocycles. The zero-order valence-corrected chi connectivity index (χ0v) is 15.8. The number of hydrogen-bond acceptors (Lipinski definition) is 5. The van der Waals surface area contributed by atoms with Crippen LogP contribution in [0.5, 0.6) is 11.5 Å². The Morgan fingerprint density at radius 2 is 1.63 bits per heavy atom. The van der Waals surface area contributed by atoms with Gasteiger partial charge in [0.25, 0.3) is 5.91 Å². The minimum Gasteiger partial charge on any atom is -0.497 e. The van der Waals surface area contributed by atoms with Crippen LogP contribution in [-0.4, -0.2) is 63.8 Å². The highest BCUT2D eigenvalue weighted by Gasteiger charge is 2.16. The van der Waals surface area contributed by atoms with E-state index in [0.29, 0.717) is 12.3 Å². The summed E-state index contributed by atoms with van der Waals surface area (Å²) < 4.78 is 10.6. The van der Waals surface area contributed by atoms with Crippen LogP contribution in [0.3, 0.4) is 0 Å². The number of hydrogen-bond donors (Lipinski definition) is 1. The lowest BCUT2D eigenvalue weighted by Gasteiger charge is -2.36. The molecule has 0 aromatic heterocycles. The standard InChI is InChI=1S/C21H27N3O3/c1-26-19-7-9-20(10-8-19)27-17-21(25)22-11-12-23-13-15-24(16-14-23)18-5-3-2-4-6-18/h2-10H,11-17H2,1H3,(H,22,25). The first-order valence-corrected chi connectivity index (χ1v) is 9.30. The number of methoxy groups -OCH3 is 1. The summed E-state index contributed by atoms with van der Waals surface area (Å²) in [5.41, 5.74) is 1.28. The van der Waals surface area contributed by atoms with E-state index in [9.17, 15) is 4.79 Å². The van der Waals surface area contributed by atoms with Gasteiger partial charge in [-0.3, -0.25) is 9.69 Å². The first kappa shape index (κ1) is 19.0. The van der Waals surface area contributed by atoms with Gasteiger partial charge in [-0.15, -0.1) is 0 Å². The van der Waals surface area contributed by atoms with Crippen LogP contribution in [0.2, 0.25) is 0 Å². The predicted octanol–water partition coefficient (Wildman–Crippen LogP) is 2.01. The topological polar surface area (TPSA) is 54.0 Å². The highest BCUT2D eigenvalue weighted by molar-refractivity contribution is 5.77. The Kier molecular flexibility index (Phi) is 6.93. The Morgan fingerprint density at radius 1 is 0.963 bits per heavy atom. The van der Waals surface area contributed by atoms with Crippen molar-refractivity contribution in [3.05, 3.63) is 54.6 Å². The molecule has 6 heteroatoms. The SMILES string of the molecule is COc1ccc(OCC(=O)NCCN2CCN(c3ccccc3)CC2)cc1. The molecule has 2 aromatic carbocycles. The smallest absolute Gasteiger partial charge is 0.257 e. The molecule has 3 rings (SSSR count). The predicted molar refractivity (Wildman–Crippen MR) is 107 cm³/mol. The van der Waals surface area contributed by atoms with E-state index in [2.05, 4.69) is 39.4 Å². The Labute approximate surface area is 160 Å². The van der Waals surface area contributed by atoms with Crippen molar-refractivity contribution in [3.63, 3.8) is 0 Å². The van der Waals surface area contributed by atoms with Crippen LogP contribution in [0.15, 0.2) is 54.6 Å². The molecule has 27 heavy (non-hydrogen) atoms. The van der Waals surface area contributed by atoms with Gasteiger partial charge in [-0.25, -0.2) is 0 Å². The van der Waals surface area contributed by atoms with Gasteiger partial charge < -0.3 is 19.7 Å². The maximum Gasteiger partial charge on any atom is 0.257 e. The molecular formula is C21H27N3O3. The summed E-state index contributed by atoms with van der Waals surface area (Å²) in [4.78, 5) is 16.7. The van der Waals surface area contributed by atoms with Gasteiger partial charge in [0, 0.05) is 45.0 Å². The first-order chi connectivity index (χ1) is 13.2. The van der Waals surface area contributed by atoms with Crippen molar-refractivity contribution in [2.24, 2.45) is 0 Å². The minimum atomic E-state index is -0.103. The summed E-state index contributed by atoms with van der Waals surface area (Å²) >= 11 is 0. The van der Waals surface area contributed by atoms with Crippen LogP contribution >= 0.6 is 0 Å². The summed E-state index contributed by atoms with van der Waals surface area (Å²) in [7, 11) is 1.62. The van der Waals surface area contributed by atoms with E-state index >= 15 is 0 Å². The second kappa shape index (κ2) is 9.83. The Balaban J connectivity index is 1.30. The number of benzene rings is 2. The maximum absolute atomic E-state index is 11.9. The third kappa shape index (κ3) is 5.89. The summed E-state index contributed by atoms with van der Waals surface area (Å²) in [6.07, 6.45) is 0. The number of carbonyl (C=O) groups excluding carboxylic acids is 1. The molecule has 1 fully saturated rings. The Hall–Kier alpha value is -2.73. The minimum absolute atomic E-state index is 0.0219. The molecule has 0 atom stereocenters. The summed E-state index contributed by atoms with van der Waals surface area (Å²) in [5, 5.41) is 2.92. The average Bonchev–Trinajstić information content (AvgIpc) is 2.74. The molecule has 0 spiro atoms. The van der Waals surface area contributed by atoms with E-state index in [1.165, 1.54) is 5.69 Å². The van der Waals surface area contributed by atoms with E-state index in [1.54, 1.807) is 19.2 Å². The number of para-hydroxylation sites is 1. The van der Waals surface area contributed by atoms with Gasteiger partial charge in [-0.1, -0.05) is 18.2 Å². The molecule has 1 saturated heterocycles. The fourth-order valence-electron chi connectivity index (χ4n) is 3.09. The lowest BCUT2D eigenvalue weighted by Crippen LogP contribution is -2.48. The Morgan fingerprint density at radius 3 is 2.30 bits per heavy atom. The number of anilines is 1. The van der Waals surface area contributed by atoms with Crippen LogP contribution in [0.25, 0.3) is 0 Å². The van der Waals surface area contributed by atoms with E-state index in [4.69, 9.17) is 9.47 Å². The summed E-state index contributed by atoms with van der Waals surface area (Å²) in [5.74, 6) is 1.32. The maximum atomic E-state index is 11.9. The third-order valence-corrected chi connectivity index (χ3v) is 4.67. The fourth-order valence-corrected chi connectivity index (χ4v) is 3.09. The quantitative estimate of drug-likeness (QED) is 0.772. The van der Waals surface area contributed by atoms with Crippen molar-refractivity contribution < 1.29 is 14.3 Å². The molecule has 0 radical (unpaired) electrons. The number of nitrogens with one attached hydrogen (secondary N) is 1. The van der Waals surface area contributed by atoms with Gasteiger partial charge in [-0.2, -0.15) is 0 Å². The van der Waals surface area contributed by atoms with Gasteiger partial charge in [0.15, 0.2) is 6.61 Å². The van der Waals surface area contributed by atoms with Crippen molar-refractivity contribution in [1.29, 1.82) is 0 Å². The van der Waals surface area contributed by atoms with Gasteiger partial charge in [0.1, 0.15) is 11.5 Å². The highest BCUT2D eigenvalue weighted by atomic mass is 16.5. The lowest BCUT2D eigenvalue weighted by molar-refractivity contribution is -0.123. The number of rotatable bonds is 8. The van der Waals surface area contributed by atoms with Gasteiger partial charge in [-0.05, 0) is 36.4 Å². The van der Waals surface area contributed by atoms with Crippen LogP contribution in [0, 0.1) is 0 Å². The zero-order chi connectivity index (χ0) is 18.9. The third-order valence-electron chi connectivity index (χ3n) is 4.67. The molecule has 1 aliphatic rings. The number of nitrogens with zero attached hydrogens (tertiary/aromatic N) is 2. The zero-order valence-electron chi connectivity index (χ0n) is 15.8. The van der Waals surface area contributed by atoms with Crippen molar-refractivity contribution in [1.82, 2.24) is 10.2 Å². The molecule has 144 valence electrons. The average molecular weight is 369 g/mol. The molecule has 0 aliphatic carbocycles. The highest BCUT2D eigenvalue weighted by Crippen LogP contribution is 2.17. The van der Waals surface area contributed by atoms with E-state index in [-0.39, 0.29) is 12.5 Å². The first-order valence-electron chi connectivity index (χ1n) is 9.30. The largest absolute Gasteiger partial charge is 0.497 e. The normalized spacial score (nSPS) is 14.6. The fraction of sp³-hybridized carbons (Fsp3) is 0.381. The molecular weight excluding hydrogens is 342 g/mol. The molecule has 1 amide bonds. The van der Waals surface area contributed by atoms with Gasteiger partial charge in [0.05, 0.1) is 7.11 Å². The number of carbonyl (C=O) groups is 1. The summed E-state index contributed by atoms with van der Waals surface area (Å²) in [6.45, 7) is 5.55. The van der Waals surface area contributed by atoms with Gasteiger partial charge in [0.2, 0.25) is 0 Å². The van der Waals surface area contributed by atoms with Crippen molar-refractivity contribution in [2.75, 3.05) is 57.9 Å². The lowest BCUT2D eigenvalue weighted by atomic mass is 10.2. The van der Waals surface area contributed by atoms with Crippen molar-refractivity contribution >= 4 is 11.6 Å². The molecule has 2 aromatic rings. The van der Waals surface area contributed by atoms with E-state index in [0.717, 1.165) is 38.5 Å².